The Morgan fingerprint density at radius 2 is 1.91 bits per heavy atom. The zero-order chi connectivity index (χ0) is 25.0. The SMILES string of the molecule is CCOC(=O)C1=C(CN2CCN(C(=O)CC)C(C)C2)N(CC)C(=O)NC1c1cccc(Cl)c1Cl. The van der Waals surface area contributed by atoms with Crippen molar-refractivity contribution >= 4 is 41.1 Å². The zero-order valence-electron chi connectivity index (χ0n) is 20.1. The molecule has 8 nitrogen and oxygen atoms in total. The van der Waals surface area contributed by atoms with Crippen LogP contribution >= 0.6 is 23.2 Å². The molecule has 1 N–H and O–H groups in total. The van der Waals surface area contributed by atoms with E-state index in [-0.39, 0.29) is 29.6 Å². The monoisotopic (exact) mass is 510 g/mol. The molecule has 1 aromatic carbocycles. The fourth-order valence-electron chi connectivity index (χ4n) is 4.60. The fraction of sp³-hybridized carbons (Fsp3) is 0.542. The minimum Gasteiger partial charge on any atom is -0.463 e. The van der Waals surface area contributed by atoms with Crippen LogP contribution < -0.4 is 5.32 Å². The Bertz CT molecular complexity index is 984. The minimum absolute atomic E-state index is 0.0264. The summed E-state index contributed by atoms with van der Waals surface area (Å²) < 4.78 is 5.41. The van der Waals surface area contributed by atoms with E-state index in [1.165, 1.54) is 0 Å². The number of benzene rings is 1. The summed E-state index contributed by atoms with van der Waals surface area (Å²) in [6, 6.07) is 4.04. The molecule has 2 unspecified atom stereocenters. The van der Waals surface area contributed by atoms with Gasteiger partial charge in [-0.15, -0.1) is 0 Å². The average Bonchev–Trinajstić information content (AvgIpc) is 2.80. The molecular weight excluding hydrogens is 479 g/mol. The Morgan fingerprint density at radius 1 is 1.18 bits per heavy atom. The van der Waals surface area contributed by atoms with Gasteiger partial charge in [-0.1, -0.05) is 42.3 Å². The first kappa shape index (κ1) is 26.3. The number of carbonyl (C=O) groups is 3. The number of ether oxygens (including phenoxy) is 1. The van der Waals surface area contributed by atoms with E-state index < -0.39 is 12.0 Å². The molecule has 2 atom stereocenters. The third-order valence-corrected chi connectivity index (χ3v) is 7.08. The molecule has 1 aromatic rings. The summed E-state index contributed by atoms with van der Waals surface area (Å²) in [6.45, 7) is 10.3. The maximum Gasteiger partial charge on any atom is 0.338 e. The Hall–Kier alpha value is -2.29. The molecule has 2 aliphatic rings. The number of nitrogens with zero attached hydrogens (tertiary/aromatic N) is 3. The maximum absolute atomic E-state index is 13.2. The standard InChI is InChI=1S/C24H32Cl2N4O4/c1-5-19(31)30-12-11-28(13-15(30)4)14-18-20(23(32)34-7-3)22(27-24(33)29(18)6-2)16-9-8-10-17(25)21(16)26/h8-10,15,22H,5-7,11-14H2,1-4H3,(H,27,33). The van der Waals surface area contributed by atoms with E-state index in [4.69, 9.17) is 27.9 Å². The number of halogens is 2. The van der Waals surface area contributed by atoms with Crippen LogP contribution in [0.3, 0.4) is 0 Å². The number of hydrogen-bond donors (Lipinski definition) is 1. The molecule has 0 spiro atoms. The molecule has 3 rings (SSSR count). The van der Waals surface area contributed by atoms with Gasteiger partial charge in [0.25, 0.3) is 0 Å². The van der Waals surface area contributed by atoms with Crippen molar-refractivity contribution in [3.63, 3.8) is 0 Å². The number of carbonyl (C=O) groups excluding carboxylic acids is 3. The summed E-state index contributed by atoms with van der Waals surface area (Å²) in [5.41, 5.74) is 1.45. The van der Waals surface area contributed by atoms with E-state index in [1.54, 1.807) is 30.0 Å². The number of nitrogens with one attached hydrogen (secondary N) is 1. The van der Waals surface area contributed by atoms with Gasteiger partial charge in [0.15, 0.2) is 0 Å². The molecule has 0 aromatic heterocycles. The molecular formula is C24H32Cl2N4O4. The highest BCUT2D eigenvalue weighted by atomic mass is 35.5. The van der Waals surface area contributed by atoms with Gasteiger partial charge in [-0.05, 0) is 32.4 Å². The van der Waals surface area contributed by atoms with Crippen molar-refractivity contribution in [2.24, 2.45) is 0 Å². The van der Waals surface area contributed by atoms with Crippen LogP contribution in [0, 0.1) is 0 Å². The van der Waals surface area contributed by atoms with Gasteiger partial charge in [-0.25, -0.2) is 9.59 Å². The molecule has 2 aliphatic heterocycles. The highest BCUT2D eigenvalue weighted by Gasteiger charge is 2.40. The summed E-state index contributed by atoms with van der Waals surface area (Å²) >= 11 is 12.7. The Morgan fingerprint density at radius 3 is 2.53 bits per heavy atom. The zero-order valence-corrected chi connectivity index (χ0v) is 21.6. The molecule has 2 heterocycles. The second kappa shape index (κ2) is 11.4. The van der Waals surface area contributed by atoms with Crippen molar-refractivity contribution in [1.82, 2.24) is 20.0 Å². The predicted molar refractivity (Wildman–Crippen MR) is 132 cm³/mol. The molecule has 186 valence electrons. The van der Waals surface area contributed by atoms with E-state index in [9.17, 15) is 14.4 Å². The topological polar surface area (TPSA) is 82.2 Å². The smallest absolute Gasteiger partial charge is 0.338 e. The van der Waals surface area contributed by atoms with Crippen LogP contribution in [-0.4, -0.2) is 78.0 Å². The number of urea groups is 1. The number of esters is 1. The lowest BCUT2D eigenvalue weighted by atomic mass is 9.93. The second-order valence-corrected chi connectivity index (χ2v) is 9.16. The number of amides is 3. The predicted octanol–water partition coefficient (Wildman–Crippen LogP) is 3.84. The van der Waals surface area contributed by atoms with Gasteiger partial charge >= 0.3 is 12.0 Å². The average molecular weight is 511 g/mol. The van der Waals surface area contributed by atoms with Crippen molar-refractivity contribution in [2.45, 2.75) is 46.2 Å². The third kappa shape index (κ3) is 5.34. The van der Waals surface area contributed by atoms with Gasteiger partial charge in [-0.3, -0.25) is 14.6 Å². The fourth-order valence-corrected chi connectivity index (χ4v) is 5.01. The van der Waals surface area contributed by atoms with Gasteiger partial charge < -0.3 is 15.0 Å². The number of hydrogen-bond acceptors (Lipinski definition) is 5. The summed E-state index contributed by atoms with van der Waals surface area (Å²) in [7, 11) is 0. The quantitative estimate of drug-likeness (QED) is 0.563. The summed E-state index contributed by atoms with van der Waals surface area (Å²) in [4.78, 5) is 44.2. The van der Waals surface area contributed by atoms with Crippen molar-refractivity contribution in [1.29, 1.82) is 0 Å². The minimum atomic E-state index is -0.795. The lowest BCUT2D eigenvalue weighted by molar-refractivity contribution is -0.139. The van der Waals surface area contributed by atoms with Crippen molar-refractivity contribution in [3.05, 3.63) is 45.1 Å². The van der Waals surface area contributed by atoms with Crippen LogP contribution in [0.2, 0.25) is 10.0 Å². The maximum atomic E-state index is 13.2. The Labute approximate surface area is 210 Å². The van der Waals surface area contributed by atoms with E-state index in [0.29, 0.717) is 61.0 Å². The molecule has 1 fully saturated rings. The van der Waals surface area contributed by atoms with Gasteiger partial charge in [0.1, 0.15) is 0 Å². The van der Waals surface area contributed by atoms with Crippen LogP contribution in [0.25, 0.3) is 0 Å². The van der Waals surface area contributed by atoms with Crippen molar-refractivity contribution < 1.29 is 19.1 Å². The Kier molecular flexibility index (Phi) is 8.84. The summed E-state index contributed by atoms with van der Waals surface area (Å²) in [6.07, 6.45) is 0.467. The van der Waals surface area contributed by atoms with Gasteiger partial charge in [0.05, 0.1) is 28.3 Å². The van der Waals surface area contributed by atoms with E-state index in [1.807, 2.05) is 25.7 Å². The van der Waals surface area contributed by atoms with Crippen LogP contribution in [0.4, 0.5) is 4.79 Å². The van der Waals surface area contributed by atoms with Crippen LogP contribution in [0.1, 0.15) is 45.7 Å². The molecule has 0 radical (unpaired) electrons. The summed E-state index contributed by atoms with van der Waals surface area (Å²) in [5, 5.41) is 3.52. The van der Waals surface area contributed by atoms with Gasteiger partial charge in [0.2, 0.25) is 5.91 Å². The normalized spacial score (nSPS) is 21.5. The lowest BCUT2D eigenvalue weighted by Crippen LogP contribution is -2.56. The van der Waals surface area contributed by atoms with E-state index >= 15 is 0 Å². The molecule has 0 saturated carbocycles. The number of piperazine rings is 1. The molecule has 0 aliphatic carbocycles. The summed E-state index contributed by atoms with van der Waals surface area (Å²) in [5.74, 6) is -0.383. The number of likely N-dealkylation sites (N-methyl/N-ethyl adjacent to an activating group) is 1. The molecule has 34 heavy (non-hydrogen) atoms. The van der Waals surface area contributed by atoms with E-state index in [2.05, 4.69) is 10.2 Å². The second-order valence-electron chi connectivity index (χ2n) is 8.38. The van der Waals surface area contributed by atoms with Crippen molar-refractivity contribution in [2.75, 3.05) is 39.3 Å². The highest BCUT2D eigenvalue weighted by molar-refractivity contribution is 6.42. The molecule has 10 heteroatoms. The van der Waals surface area contributed by atoms with Crippen LogP contribution in [0.5, 0.6) is 0 Å². The van der Waals surface area contributed by atoms with Crippen LogP contribution in [0.15, 0.2) is 29.5 Å². The highest BCUT2D eigenvalue weighted by Crippen LogP contribution is 2.38. The number of rotatable bonds is 7. The van der Waals surface area contributed by atoms with Crippen LogP contribution in [-0.2, 0) is 14.3 Å². The first-order chi connectivity index (χ1) is 16.2. The first-order valence-corrected chi connectivity index (χ1v) is 12.4. The Balaban J connectivity index is 2.04. The largest absolute Gasteiger partial charge is 0.463 e. The third-order valence-electron chi connectivity index (χ3n) is 6.25. The molecule has 3 amide bonds. The van der Waals surface area contributed by atoms with Gasteiger partial charge in [0, 0.05) is 50.9 Å². The van der Waals surface area contributed by atoms with Gasteiger partial charge in [-0.2, -0.15) is 0 Å². The molecule has 1 saturated heterocycles. The lowest BCUT2D eigenvalue weighted by Gasteiger charge is -2.43. The van der Waals surface area contributed by atoms with E-state index in [0.717, 1.165) is 0 Å². The first-order valence-electron chi connectivity index (χ1n) is 11.7. The molecule has 0 bridgehead atoms. The van der Waals surface area contributed by atoms with Crippen molar-refractivity contribution in [3.8, 4) is 0 Å².